The quantitative estimate of drug-likeness (QED) is 0.446. The number of amides is 3. The maximum atomic E-state index is 13.6. The van der Waals surface area contributed by atoms with Crippen LogP contribution in [0.4, 0.5) is 4.79 Å². The zero-order valence-corrected chi connectivity index (χ0v) is 20.1. The molecule has 0 spiro atoms. The van der Waals surface area contributed by atoms with Crippen LogP contribution < -0.4 is 10.1 Å². The van der Waals surface area contributed by atoms with E-state index in [1.165, 1.54) is 5.56 Å². The predicted octanol–water partition coefficient (Wildman–Crippen LogP) is 4.86. The molecule has 2 heterocycles. The highest BCUT2D eigenvalue weighted by molar-refractivity contribution is 6.01. The van der Waals surface area contributed by atoms with Gasteiger partial charge in [-0.3, -0.25) is 9.69 Å². The summed E-state index contributed by atoms with van der Waals surface area (Å²) in [5.41, 5.74) is 4.42. The second kappa shape index (κ2) is 10.5. The summed E-state index contributed by atoms with van der Waals surface area (Å²) in [6.45, 7) is 5.56. The highest BCUT2D eigenvalue weighted by Crippen LogP contribution is 2.37. The Hall–Kier alpha value is -4.32. The molecule has 0 unspecified atom stereocenters. The average Bonchev–Trinajstić information content (AvgIpc) is 3.25. The molecule has 5 rings (SSSR count). The zero-order chi connectivity index (χ0) is 24.9. The summed E-state index contributed by atoms with van der Waals surface area (Å²) in [7, 11) is 0. The molecule has 0 aliphatic carbocycles. The van der Waals surface area contributed by atoms with Gasteiger partial charge in [0.1, 0.15) is 12.4 Å². The van der Waals surface area contributed by atoms with Crippen molar-refractivity contribution in [3.05, 3.63) is 126 Å². The second-order valence-corrected chi connectivity index (χ2v) is 8.95. The van der Waals surface area contributed by atoms with E-state index in [0.29, 0.717) is 37.6 Å². The van der Waals surface area contributed by atoms with E-state index in [-0.39, 0.29) is 11.9 Å². The summed E-state index contributed by atoms with van der Waals surface area (Å²) in [4.78, 5) is 30.2. The Labute approximate surface area is 211 Å². The van der Waals surface area contributed by atoms with Crippen molar-refractivity contribution in [1.82, 2.24) is 15.1 Å². The Balaban J connectivity index is 1.39. The van der Waals surface area contributed by atoms with E-state index in [0.717, 1.165) is 23.2 Å². The summed E-state index contributed by atoms with van der Waals surface area (Å²) in [5, 5.41) is 3.04. The molecular weight excluding hydrogens is 450 g/mol. The number of carbonyl (C=O) groups excluding carboxylic acids is 2. The van der Waals surface area contributed by atoms with Gasteiger partial charge in [0.25, 0.3) is 5.91 Å². The number of urea groups is 1. The molecule has 3 amide bonds. The van der Waals surface area contributed by atoms with Gasteiger partial charge < -0.3 is 15.0 Å². The third-order valence-electron chi connectivity index (χ3n) is 6.56. The molecule has 3 aromatic rings. The van der Waals surface area contributed by atoms with Crippen LogP contribution in [-0.4, -0.2) is 41.4 Å². The summed E-state index contributed by atoms with van der Waals surface area (Å²) >= 11 is 0. The fourth-order valence-electron chi connectivity index (χ4n) is 4.73. The van der Waals surface area contributed by atoms with E-state index in [2.05, 4.69) is 24.0 Å². The van der Waals surface area contributed by atoms with Gasteiger partial charge >= 0.3 is 6.03 Å². The van der Waals surface area contributed by atoms with E-state index in [4.69, 9.17) is 4.74 Å². The number of hydrogen-bond donors (Lipinski definition) is 1. The van der Waals surface area contributed by atoms with Gasteiger partial charge in [0.2, 0.25) is 0 Å². The maximum absolute atomic E-state index is 13.6. The van der Waals surface area contributed by atoms with Crippen LogP contribution in [0.3, 0.4) is 0 Å². The predicted molar refractivity (Wildman–Crippen MR) is 139 cm³/mol. The third kappa shape index (κ3) is 4.89. The zero-order valence-electron chi connectivity index (χ0n) is 20.1. The lowest BCUT2D eigenvalue weighted by atomic mass is 9.95. The van der Waals surface area contributed by atoms with Gasteiger partial charge in [-0.1, -0.05) is 78.9 Å². The fraction of sp³-hybridized carbons (Fsp3) is 0.200. The van der Waals surface area contributed by atoms with Crippen LogP contribution in [0.2, 0.25) is 0 Å². The molecule has 1 atom stereocenters. The van der Waals surface area contributed by atoms with Crippen molar-refractivity contribution in [2.45, 2.75) is 19.1 Å². The van der Waals surface area contributed by atoms with Gasteiger partial charge in [0, 0.05) is 13.1 Å². The minimum Gasteiger partial charge on any atom is -0.489 e. The Morgan fingerprint density at radius 3 is 2.39 bits per heavy atom. The molecule has 6 heteroatoms. The van der Waals surface area contributed by atoms with Crippen molar-refractivity contribution in [2.75, 3.05) is 19.6 Å². The lowest BCUT2D eigenvalue weighted by Gasteiger charge is -2.33. The monoisotopic (exact) mass is 479 g/mol. The number of ether oxygens (including phenoxy) is 1. The van der Waals surface area contributed by atoms with Crippen LogP contribution in [0.1, 0.15) is 22.7 Å². The fourth-order valence-corrected chi connectivity index (χ4v) is 4.73. The summed E-state index contributed by atoms with van der Waals surface area (Å²) < 4.78 is 6.01. The molecule has 0 aromatic heterocycles. The molecule has 0 fully saturated rings. The molecule has 0 radical (unpaired) electrons. The largest absolute Gasteiger partial charge is 0.489 e. The van der Waals surface area contributed by atoms with E-state index in [9.17, 15) is 9.59 Å². The molecule has 0 saturated heterocycles. The van der Waals surface area contributed by atoms with E-state index in [1.807, 2.05) is 77.7 Å². The van der Waals surface area contributed by atoms with Crippen molar-refractivity contribution in [2.24, 2.45) is 0 Å². The summed E-state index contributed by atoms with van der Waals surface area (Å²) in [6, 6.07) is 26.9. The van der Waals surface area contributed by atoms with Crippen molar-refractivity contribution in [1.29, 1.82) is 0 Å². The van der Waals surface area contributed by atoms with Gasteiger partial charge in [-0.15, -0.1) is 6.58 Å². The van der Waals surface area contributed by atoms with Crippen LogP contribution in [0.25, 0.3) is 0 Å². The number of rotatable bonds is 9. The normalized spacial score (nSPS) is 17.2. The van der Waals surface area contributed by atoms with Crippen LogP contribution in [0.15, 0.2) is 109 Å². The van der Waals surface area contributed by atoms with Gasteiger partial charge in [-0.2, -0.15) is 0 Å². The number of nitrogens with zero attached hydrogens (tertiary/aromatic N) is 2. The number of nitrogens with one attached hydrogen (secondary N) is 1. The van der Waals surface area contributed by atoms with Gasteiger partial charge in [-0.25, -0.2) is 4.79 Å². The number of benzene rings is 3. The molecule has 1 N–H and O–H groups in total. The summed E-state index contributed by atoms with van der Waals surface area (Å²) in [6.07, 6.45) is 2.43. The Bertz CT molecular complexity index is 1290. The Morgan fingerprint density at radius 1 is 0.944 bits per heavy atom. The Morgan fingerprint density at radius 2 is 1.67 bits per heavy atom. The van der Waals surface area contributed by atoms with E-state index >= 15 is 0 Å². The van der Waals surface area contributed by atoms with Crippen LogP contribution in [0.5, 0.6) is 5.75 Å². The van der Waals surface area contributed by atoms with Gasteiger partial charge in [-0.05, 0) is 35.2 Å². The van der Waals surface area contributed by atoms with E-state index in [1.54, 1.807) is 11.0 Å². The Kier molecular flexibility index (Phi) is 6.85. The smallest absolute Gasteiger partial charge is 0.322 e. The number of carbonyl (C=O) groups is 2. The van der Waals surface area contributed by atoms with Crippen molar-refractivity contribution < 1.29 is 14.3 Å². The molecule has 36 heavy (non-hydrogen) atoms. The molecule has 2 aliphatic rings. The molecule has 0 bridgehead atoms. The van der Waals surface area contributed by atoms with Crippen molar-refractivity contribution in [3.8, 4) is 5.75 Å². The lowest BCUT2D eigenvalue weighted by Crippen LogP contribution is -2.47. The topological polar surface area (TPSA) is 61.9 Å². The van der Waals surface area contributed by atoms with Crippen LogP contribution in [-0.2, 0) is 17.8 Å². The first-order valence-corrected chi connectivity index (χ1v) is 12.2. The highest BCUT2D eigenvalue weighted by Gasteiger charge is 2.43. The van der Waals surface area contributed by atoms with Crippen LogP contribution in [0, 0.1) is 0 Å². The third-order valence-corrected chi connectivity index (χ3v) is 6.56. The first-order valence-electron chi connectivity index (χ1n) is 12.2. The molecule has 6 nitrogen and oxygen atoms in total. The molecule has 2 aliphatic heterocycles. The minimum absolute atomic E-state index is 0.0457. The maximum Gasteiger partial charge on any atom is 0.322 e. The lowest BCUT2D eigenvalue weighted by molar-refractivity contribution is -0.125. The average molecular weight is 480 g/mol. The van der Waals surface area contributed by atoms with E-state index < -0.39 is 6.04 Å². The highest BCUT2D eigenvalue weighted by atomic mass is 16.5. The second-order valence-electron chi connectivity index (χ2n) is 8.95. The van der Waals surface area contributed by atoms with Crippen molar-refractivity contribution >= 4 is 11.9 Å². The van der Waals surface area contributed by atoms with Gasteiger partial charge in [0.05, 0.1) is 23.9 Å². The minimum atomic E-state index is -0.539. The first kappa shape index (κ1) is 23.4. The molecular formula is C30H29N3O3. The number of hydrogen-bond acceptors (Lipinski definition) is 3. The van der Waals surface area contributed by atoms with Crippen molar-refractivity contribution in [3.63, 3.8) is 0 Å². The van der Waals surface area contributed by atoms with Crippen LogP contribution >= 0.6 is 0 Å². The summed E-state index contributed by atoms with van der Waals surface area (Å²) in [5.74, 6) is 0.642. The SMILES string of the molecule is C=CCN1C(=O)N[C@H](c2cccc(OCc3ccccc3)c2)C2=C1CN(CCc1ccccc1)C2=O. The molecule has 0 saturated carbocycles. The first-order chi connectivity index (χ1) is 17.6. The molecule has 3 aromatic carbocycles. The molecule has 182 valence electrons. The standard InChI is InChI=1S/C30H29N3O3/c1-2-17-33-26-20-32(18-16-22-10-5-3-6-11-22)29(34)27(26)28(31-30(33)35)24-14-9-15-25(19-24)36-21-23-12-7-4-8-13-23/h2-15,19,28H,1,16-18,20-21H2,(H,31,35)/t28-/m1/s1. The van der Waals surface area contributed by atoms with Gasteiger partial charge in [0.15, 0.2) is 0 Å².